The van der Waals surface area contributed by atoms with Crippen molar-refractivity contribution in [2.75, 3.05) is 6.54 Å². The van der Waals surface area contributed by atoms with E-state index in [0.717, 1.165) is 17.5 Å². The summed E-state index contributed by atoms with van der Waals surface area (Å²) in [5, 5.41) is 3.70. The van der Waals surface area contributed by atoms with E-state index < -0.39 is 6.04 Å². The quantitative estimate of drug-likeness (QED) is 0.572. The molecule has 0 unspecified atom stereocenters. The molecule has 2 rings (SSSR count). The average molecular weight is 429 g/mol. The number of carbonyl (C=O) groups is 2. The number of benzene rings is 2. The van der Waals surface area contributed by atoms with Gasteiger partial charge in [-0.25, -0.2) is 0 Å². The Morgan fingerprint density at radius 3 is 2.13 bits per heavy atom. The molecule has 30 heavy (non-hydrogen) atoms. The Kier molecular flexibility index (Phi) is 9.38. The van der Waals surface area contributed by atoms with E-state index in [4.69, 9.17) is 11.6 Å². The first-order valence-corrected chi connectivity index (χ1v) is 11.0. The lowest BCUT2D eigenvalue weighted by Gasteiger charge is -2.33. The van der Waals surface area contributed by atoms with Gasteiger partial charge in [-0.1, -0.05) is 81.8 Å². The molecule has 2 amide bonds. The van der Waals surface area contributed by atoms with Gasteiger partial charge in [0.15, 0.2) is 0 Å². The number of nitrogens with zero attached hydrogens (tertiary/aromatic N) is 1. The van der Waals surface area contributed by atoms with Gasteiger partial charge in [0.25, 0.3) is 0 Å². The topological polar surface area (TPSA) is 49.4 Å². The van der Waals surface area contributed by atoms with Crippen molar-refractivity contribution in [3.8, 4) is 0 Å². The largest absolute Gasteiger partial charge is 0.354 e. The molecule has 2 aromatic rings. The molecule has 0 fully saturated rings. The van der Waals surface area contributed by atoms with Crippen LogP contribution >= 0.6 is 11.6 Å². The Morgan fingerprint density at radius 2 is 1.57 bits per heavy atom. The number of amides is 2. The van der Waals surface area contributed by atoms with Gasteiger partial charge in [0.05, 0.1) is 0 Å². The van der Waals surface area contributed by atoms with Crippen LogP contribution in [0.5, 0.6) is 0 Å². The molecule has 0 saturated heterocycles. The molecule has 0 saturated carbocycles. The Morgan fingerprint density at radius 1 is 0.933 bits per heavy atom. The number of rotatable bonds is 10. The van der Waals surface area contributed by atoms with Gasteiger partial charge in [0.2, 0.25) is 11.8 Å². The van der Waals surface area contributed by atoms with Crippen molar-refractivity contribution in [1.29, 1.82) is 0 Å². The highest BCUT2D eigenvalue weighted by Gasteiger charge is 2.31. The number of carbonyl (C=O) groups excluding carboxylic acids is 2. The smallest absolute Gasteiger partial charge is 0.243 e. The van der Waals surface area contributed by atoms with E-state index in [1.807, 2.05) is 68.4 Å². The van der Waals surface area contributed by atoms with Crippen molar-refractivity contribution in [2.45, 2.75) is 53.1 Å². The fourth-order valence-corrected chi connectivity index (χ4v) is 3.37. The van der Waals surface area contributed by atoms with Gasteiger partial charge in [0, 0.05) is 30.5 Å². The van der Waals surface area contributed by atoms with Crippen LogP contribution in [-0.4, -0.2) is 29.3 Å². The molecule has 0 aliphatic carbocycles. The van der Waals surface area contributed by atoms with Crippen molar-refractivity contribution in [1.82, 2.24) is 10.2 Å². The summed E-state index contributed by atoms with van der Waals surface area (Å²) in [5.41, 5.74) is 1.97. The normalized spacial score (nSPS) is 12.1. The maximum Gasteiger partial charge on any atom is 0.243 e. The maximum absolute atomic E-state index is 13.2. The average Bonchev–Trinajstić information content (AvgIpc) is 2.71. The van der Waals surface area contributed by atoms with Gasteiger partial charge >= 0.3 is 0 Å². The highest BCUT2D eigenvalue weighted by atomic mass is 35.5. The number of hydrogen-bond acceptors (Lipinski definition) is 2. The molecule has 162 valence electrons. The van der Waals surface area contributed by atoms with Gasteiger partial charge in [-0.15, -0.1) is 0 Å². The van der Waals surface area contributed by atoms with E-state index in [1.165, 1.54) is 0 Å². The van der Waals surface area contributed by atoms with Crippen LogP contribution in [0.1, 0.15) is 45.2 Å². The molecule has 4 nitrogen and oxygen atoms in total. The molecule has 0 aliphatic heterocycles. The van der Waals surface area contributed by atoms with Crippen molar-refractivity contribution >= 4 is 23.4 Å². The minimum atomic E-state index is -0.579. The van der Waals surface area contributed by atoms with Crippen LogP contribution in [0.15, 0.2) is 54.6 Å². The zero-order valence-electron chi connectivity index (χ0n) is 18.4. The summed E-state index contributed by atoms with van der Waals surface area (Å²) in [6.07, 6.45) is 1.37. The molecular formula is C25H33ClN2O2. The Balaban J connectivity index is 2.32. The summed E-state index contributed by atoms with van der Waals surface area (Å²) in [7, 11) is 0. The zero-order chi connectivity index (χ0) is 22.1. The van der Waals surface area contributed by atoms with Crippen LogP contribution in [0, 0.1) is 11.8 Å². The van der Waals surface area contributed by atoms with Crippen LogP contribution in [0.4, 0.5) is 0 Å². The lowest BCUT2D eigenvalue weighted by Crippen LogP contribution is -2.51. The van der Waals surface area contributed by atoms with E-state index in [2.05, 4.69) is 19.2 Å². The first-order chi connectivity index (χ1) is 14.3. The van der Waals surface area contributed by atoms with Crippen molar-refractivity contribution in [3.63, 3.8) is 0 Å². The van der Waals surface area contributed by atoms with Crippen LogP contribution in [0.25, 0.3) is 0 Å². The van der Waals surface area contributed by atoms with Gasteiger partial charge in [-0.05, 0) is 35.6 Å². The Labute approximate surface area is 185 Å². The van der Waals surface area contributed by atoms with Crippen LogP contribution < -0.4 is 5.32 Å². The van der Waals surface area contributed by atoms with E-state index in [0.29, 0.717) is 30.5 Å². The fraction of sp³-hybridized carbons (Fsp3) is 0.440. The summed E-state index contributed by atoms with van der Waals surface area (Å²) in [6.45, 7) is 8.96. The second kappa shape index (κ2) is 11.8. The highest BCUT2D eigenvalue weighted by Crippen LogP contribution is 2.18. The van der Waals surface area contributed by atoms with E-state index in [-0.39, 0.29) is 17.7 Å². The molecule has 0 radical (unpaired) electrons. The summed E-state index contributed by atoms with van der Waals surface area (Å²) in [4.78, 5) is 28.1. The van der Waals surface area contributed by atoms with Gasteiger partial charge in [0.1, 0.15) is 6.04 Å². The molecule has 5 heteroatoms. The molecule has 1 N–H and O–H groups in total. The monoisotopic (exact) mass is 428 g/mol. The Bertz CT molecular complexity index is 804. The minimum Gasteiger partial charge on any atom is -0.354 e. The third-order valence-electron chi connectivity index (χ3n) is 5.01. The van der Waals surface area contributed by atoms with E-state index in [1.54, 1.807) is 4.90 Å². The lowest BCUT2D eigenvalue weighted by atomic mass is 10.0. The molecule has 0 heterocycles. The molecule has 0 aliphatic rings. The molecule has 1 atom stereocenters. The minimum absolute atomic E-state index is 0.0371. The van der Waals surface area contributed by atoms with Gasteiger partial charge in [-0.2, -0.15) is 0 Å². The summed E-state index contributed by atoms with van der Waals surface area (Å²) >= 11 is 6.02. The maximum atomic E-state index is 13.2. The molecule has 0 aromatic heterocycles. The summed E-state index contributed by atoms with van der Waals surface area (Å²) < 4.78 is 0. The van der Waals surface area contributed by atoms with Crippen molar-refractivity contribution in [2.24, 2.45) is 11.8 Å². The third kappa shape index (κ3) is 7.49. The van der Waals surface area contributed by atoms with Crippen molar-refractivity contribution in [3.05, 3.63) is 70.7 Å². The summed E-state index contributed by atoms with van der Waals surface area (Å²) in [6, 6.07) is 16.7. The number of hydrogen-bond donors (Lipinski definition) is 1. The molecule has 2 aromatic carbocycles. The van der Waals surface area contributed by atoms with Gasteiger partial charge < -0.3 is 10.2 Å². The second-order valence-corrected chi connectivity index (χ2v) is 8.86. The van der Waals surface area contributed by atoms with Gasteiger partial charge in [-0.3, -0.25) is 9.59 Å². The van der Waals surface area contributed by atoms with Crippen LogP contribution in [0.3, 0.4) is 0 Å². The first-order valence-electron chi connectivity index (χ1n) is 10.6. The molecule has 0 spiro atoms. The second-order valence-electron chi connectivity index (χ2n) is 8.43. The standard InChI is InChI=1S/C25H33ClN2O2/c1-18(2)14-15-27-24(29)23(16-20-8-6-5-7-9-20)28(25(30)19(3)4)17-21-10-12-22(26)13-11-21/h5-13,18-19,23H,14-17H2,1-4H3,(H,27,29)/t23-/m1/s1. The lowest BCUT2D eigenvalue weighted by molar-refractivity contribution is -0.143. The molecular weight excluding hydrogens is 396 g/mol. The summed E-state index contributed by atoms with van der Waals surface area (Å²) in [5.74, 6) is 0.145. The third-order valence-corrected chi connectivity index (χ3v) is 5.27. The van der Waals surface area contributed by atoms with Crippen LogP contribution in [0.2, 0.25) is 5.02 Å². The van der Waals surface area contributed by atoms with Crippen molar-refractivity contribution < 1.29 is 9.59 Å². The zero-order valence-corrected chi connectivity index (χ0v) is 19.2. The SMILES string of the molecule is CC(C)CCNC(=O)[C@@H](Cc1ccccc1)N(Cc1ccc(Cl)cc1)C(=O)C(C)C. The number of halogens is 1. The highest BCUT2D eigenvalue weighted by molar-refractivity contribution is 6.30. The van der Waals surface area contributed by atoms with E-state index >= 15 is 0 Å². The number of nitrogens with one attached hydrogen (secondary N) is 1. The molecule has 0 bridgehead atoms. The van der Waals surface area contributed by atoms with Crippen LogP contribution in [-0.2, 0) is 22.6 Å². The van der Waals surface area contributed by atoms with E-state index in [9.17, 15) is 9.59 Å². The first kappa shape index (κ1) is 23.9. The Hall–Kier alpha value is -2.33. The fourth-order valence-electron chi connectivity index (χ4n) is 3.24. The predicted molar refractivity (Wildman–Crippen MR) is 123 cm³/mol. The predicted octanol–water partition coefficient (Wildman–Crippen LogP) is 5.10.